The van der Waals surface area contributed by atoms with E-state index in [1.165, 1.54) is 31.6 Å². The molecule has 3 rings (SSSR count). The van der Waals surface area contributed by atoms with Crippen molar-refractivity contribution in [1.29, 1.82) is 0 Å². The summed E-state index contributed by atoms with van der Waals surface area (Å²) in [4.78, 5) is 7.02. The lowest BCUT2D eigenvalue weighted by molar-refractivity contribution is 0.174. The van der Waals surface area contributed by atoms with Crippen molar-refractivity contribution in [1.82, 2.24) is 4.90 Å². The van der Waals surface area contributed by atoms with Gasteiger partial charge in [-0.25, -0.2) is 0 Å². The number of amidine groups is 1. The van der Waals surface area contributed by atoms with Crippen LogP contribution in [0.5, 0.6) is 0 Å². The van der Waals surface area contributed by atoms with Gasteiger partial charge in [-0.1, -0.05) is 0 Å². The van der Waals surface area contributed by atoms with Crippen LogP contribution in [0.15, 0.2) is 4.99 Å². The summed E-state index contributed by atoms with van der Waals surface area (Å²) in [6.45, 7) is 2.29. The van der Waals surface area contributed by atoms with Crippen LogP contribution in [0.25, 0.3) is 0 Å². The van der Waals surface area contributed by atoms with E-state index in [4.69, 9.17) is 0 Å². The summed E-state index contributed by atoms with van der Waals surface area (Å²) >= 11 is 0. The van der Waals surface area contributed by atoms with Crippen LogP contribution >= 0.6 is 0 Å². The van der Waals surface area contributed by atoms with E-state index >= 15 is 0 Å². The second-order valence-corrected chi connectivity index (χ2v) is 3.60. The molecule has 0 aromatic carbocycles. The molecule has 2 unspecified atom stereocenters. The van der Waals surface area contributed by atoms with Crippen molar-refractivity contribution in [3.63, 3.8) is 0 Å². The first-order valence-corrected chi connectivity index (χ1v) is 4.25. The normalized spacial score (nSPS) is 42.4. The minimum absolute atomic E-state index is 0.918. The third kappa shape index (κ3) is 0.446. The Balaban J connectivity index is 1.95. The maximum atomic E-state index is 4.48. The Bertz CT molecular complexity index is 197. The summed E-state index contributed by atoms with van der Waals surface area (Å²) in [5.74, 6) is 2.42. The Kier molecular flexibility index (Phi) is 0.800. The molecule has 0 amide bonds. The van der Waals surface area contributed by atoms with Gasteiger partial charge >= 0.3 is 0 Å². The standard InChI is InChI=1S/C8H12N2/c1-2-7-6(1)5-8-9-3-4-10(7)8/h6-7H,1-5H2. The molecule has 0 bridgehead atoms. The molecule has 2 atom stereocenters. The second kappa shape index (κ2) is 1.55. The number of aliphatic imine (C=N–C) groups is 1. The zero-order chi connectivity index (χ0) is 6.55. The molecule has 0 aromatic heterocycles. The van der Waals surface area contributed by atoms with Crippen LogP contribution in [0.2, 0.25) is 0 Å². The predicted molar refractivity (Wildman–Crippen MR) is 40.1 cm³/mol. The molecule has 1 saturated carbocycles. The molecular formula is C8H12N2. The summed E-state index contributed by atoms with van der Waals surface area (Å²) < 4.78 is 0. The molecule has 1 aliphatic carbocycles. The Labute approximate surface area is 60.9 Å². The number of fused-ring (bicyclic) bond motifs is 3. The summed E-state index contributed by atoms with van der Waals surface area (Å²) in [5.41, 5.74) is 0. The molecule has 2 nitrogen and oxygen atoms in total. The van der Waals surface area contributed by atoms with Gasteiger partial charge < -0.3 is 4.90 Å². The fourth-order valence-corrected chi connectivity index (χ4v) is 2.48. The first kappa shape index (κ1) is 5.16. The fourth-order valence-electron chi connectivity index (χ4n) is 2.48. The molecule has 0 spiro atoms. The fraction of sp³-hybridized carbons (Fsp3) is 0.875. The SMILES string of the molecule is C1CN2C(=N1)CC1CCC12. The summed E-state index contributed by atoms with van der Waals surface area (Å²) in [7, 11) is 0. The van der Waals surface area contributed by atoms with Gasteiger partial charge in [0.25, 0.3) is 0 Å². The van der Waals surface area contributed by atoms with E-state index in [-0.39, 0.29) is 0 Å². The van der Waals surface area contributed by atoms with Gasteiger partial charge in [0.1, 0.15) is 0 Å². The molecule has 10 heavy (non-hydrogen) atoms. The highest BCUT2D eigenvalue weighted by Gasteiger charge is 2.44. The quantitative estimate of drug-likeness (QED) is 0.482. The number of hydrogen-bond acceptors (Lipinski definition) is 2. The van der Waals surface area contributed by atoms with Gasteiger partial charge in [-0.05, 0) is 18.8 Å². The minimum Gasteiger partial charge on any atom is -0.355 e. The monoisotopic (exact) mass is 136 g/mol. The van der Waals surface area contributed by atoms with E-state index in [1.807, 2.05) is 0 Å². The summed E-state index contributed by atoms with van der Waals surface area (Å²) in [5, 5.41) is 0. The van der Waals surface area contributed by atoms with Crippen LogP contribution in [0.4, 0.5) is 0 Å². The Morgan fingerprint density at radius 2 is 2.40 bits per heavy atom. The largest absolute Gasteiger partial charge is 0.355 e. The van der Waals surface area contributed by atoms with Crippen LogP contribution in [0, 0.1) is 5.92 Å². The van der Waals surface area contributed by atoms with Gasteiger partial charge in [0.05, 0.1) is 12.4 Å². The third-order valence-electron chi connectivity index (χ3n) is 3.19. The Morgan fingerprint density at radius 1 is 1.40 bits per heavy atom. The maximum absolute atomic E-state index is 4.48. The van der Waals surface area contributed by atoms with Crippen molar-refractivity contribution in [2.75, 3.05) is 13.1 Å². The van der Waals surface area contributed by atoms with Crippen molar-refractivity contribution in [3.05, 3.63) is 0 Å². The van der Waals surface area contributed by atoms with E-state index in [2.05, 4.69) is 9.89 Å². The number of rotatable bonds is 0. The zero-order valence-electron chi connectivity index (χ0n) is 6.08. The lowest BCUT2D eigenvalue weighted by atomic mass is 9.80. The van der Waals surface area contributed by atoms with Crippen LogP contribution in [0.1, 0.15) is 19.3 Å². The van der Waals surface area contributed by atoms with Crippen LogP contribution in [-0.2, 0) is 0 Å². The number of hydrogen-bond donors (Lipinski definition) is 0. The molecule has 0 radical (unpaired) electrons. The van der Waals surface area contributed by atoms with Gasteiger partial charge in [-0.2, -0.15) is 0 Å². The molecule has 0 N–H and O–H groups in total. The van der Waals surface area contributed by atoms with E-state index in [9.17, 15) is 0 Å². The van der Waals surface area contributed by atoms with Crippen molar-refractivity contribution < 1.29 is 0 Å². The van der Waals surface area contributed by atoms with Crippen molar-refractivity contribution in [3.8, 4) is 0 Å². The minimum atomic E-state index is 0.918. The smallest absolute Gasteiger partial charge is 0.0996 e. The first-order valence-electron chi connectivity index (χ1n) is 4.25. The highest BCUT2D eigenvalue weighted by atomic mass is 15.3. The zero-order valence-corrected chi connectivity index (χ0v) is 6.08. The lowest BCUT2D eigenvalue weighted by Gasteiger charge is -2.35. The van der Waals surface area contributed by atoms with E-state index in [0.717, 1.165) is 18.5 Å². The van der Waals surface area contributed by atoms with Crippen molar-refractivity contribution in [2.24, 2.45) is 10.9 Å². The summed E-state index contributed by atoms with van der Waals surface area (Å²) in [6, 6.07) is 0.918. The molecule has 3 aliphatic rings. The molecule has 2 heterocycles. The van der Waals surface area contributed by atoms with E-state index in [1.54, 1.807) is 0 Å². The highest BCUT2D eigenvalue weighted by Crippen LogP contribution is 2.42. The average molecular weight is 136 g/mol. The molecule has 54 valence electrons. The Morgan fingerprint density at radius 3 is 3.20 bits per heavy atom. The molecule has 1 saturated heterocycles. The predicted octanol–water partition coefficient (Wildman–Crippen LogP) is 0.883. The maximum Gasteiger partial charge on any atom is 0.0996 e. The molecular weight excluding hydrogens is 124 g/mol. The molecule has 2 fully saturated rings. The summed E-state index contributed by atoms with van der Waals surface area (Å²) in [6.07, 6.45) is 4.19. The average Bonchev–Trinajstić information content (AvgIpc) is 2.35. The number of nitrogens with zero attached hydrogens (tertiary/aromatic N) is 2. The van der Waals surface area contributed by atoms with E-state index in [0.29, 0.717) is 0 Å². The van der Waals surface area contributed by atoms with Crippen LogP contribution in [0.3, 0.4) is 0 Å². The molecule has 0 aromatic rings. The highest BCUT2D eigenvalue weighted by molar-refractivity contribution is 5.86. The van der Waals surface area contributed by atoms with Gasteiger partial charge in [-0.3, -0.25) is 4.99 Å². The van der Waals surface area contributed by atoms with E-state index < -0.39 is 0 Å². The van der Waals surface area contributed by atoms with Crippen LogP contribution < -0.4 is 0 Å². The lowest BCUT2D eigenvalue weighted by Crippen LogP contribution is -2.39. The van der Waals surface area contributed by atoms with Crippen LogP contribution in [-0.4, -0.2) is 29.9 Å². The molecule has 2 aliphatic heterocycles. The van der Waals surface area contributed by atoms with Gasteiger partial charge in [-0.15, -0.1) is 0 Å². The second-order valence-electron chi connectivity index (χ2n) is 3.60. The Hall–Kier alpha value is -0.530. The third-order valence-corrected chi connectivity index (χ3v) is 3.19. The van der Waals surface area contributed by atoms with Gasteiger partial charge in [0.2, 0.25) is 0 Å². The van der Waals surface area contributed by atoms with Crippen molar-refractivity contribution >= 4 is 5.84 Å². The molecule has 2 heteroatoms. The topological polar surface area (TPSA) is 15.6 Å². The van der Waals surface area contributed by atoms with Crippen molar-refractivity contribution in [2.45, 2.75) is 25.3 Å². The van der Waals surface area contributed by atoms with Gasteiger partial charge in [0, 0.05) is 19.0 Å². The first-order chi connectivity index (χ1) is 4.95. The van der Waals surface area contributed by atoms with Gasteiger partial charge in [0.15, 0.2) is 0 Å².